The Hall–Kier alpha value is -4.92. The molecule has 0 atom stereocenters. The lowest BCUT2D eigenvalue weighted by atomic mass is 10.1. The van der Waals surface area contributed by atoms with Gasteiger partial charge in [-0.3, -0.25) is 4.79 Å². The molecule has 6 aromatic rings. The van der Waals surface area contributed by atoms with Gasteiger partial charge in [-0.2, -0.15) is 15.2 Å². The predicted molar refractivity (Wildman–Crippen MR) is 192 cm³/mol. The number of halogens is 4. The number of carbonyl (C=O) groups excluding carboxylic acids is 1. The summed E-state index contributed by atoms with van der Waals surface area (Å²) in [5, 5.41) is 18.5. The van der Waals surface area contributed by atoms with E-state index in [1.165, 1.54) is 0 Å². The average Bonchev–Trinajstić information content (AvgIpc) is 3.77. The Morgan fingerprint density at radius 1 is 0.660 bits per heavy atom. The SMILES string of the molecule is CC(C)Oc1ccc(-c2noc(-c3ccc(C#N)cc3Cl)n2)cc1Cl.CC(C)Oc1ccc(-c2noc(-c3ccc(C=O)cc3Cl)n2)cc1Cl. The van der Waals surface area contributed by atoms with Gasteiger partial charge in [0.2, 0.25) is 11.6 Å². The number of rotatable bonds is 9. The highest BCUT2D eigenvalue weighted by molar-refractivity contribution is 6.34. The summed E-state index contributed by atoms with van der Waals surface area (Å²) in [7, 11) is 0. The molecule has 0 fully saturated rings. The van der Waals surface area contributed by atoms with Gasteiger partial charge in [0.1, 0.15) is 17.8 Å². The molecule has 0 saturated heterocycles. The molecule has 0 spiro atoms. The summed E-state index contributed by atoms with van der Waals surface area (Å²) < 4.78 is 21.8. The van der Waals surface area contributed by atoms with Gasteiger partial charge in [-0.25, -0.2) is 0 Å². The smallest absolute Gasteiger partial charge is 0.259 e. The molecule has 0 aliphatic heterocycles. The molecular formula is C36H27Cl4N5O5. The fraction of sp³-hybridized carbons (Fsp3) is 0.167. The normalized spacial score (nSPS) is 10.8. The first-order valence-electron chi connectivity index (χ1n) is 15.0. The molecule has 6 rings (SSSR count). The van der Waals surface area contributed by atoms with Gasteiger partial charge in [-0.05, 0) is 94.4 Å². The first-order valence-corrected chi connectivity index (χ1v) is 16.5. The van der Waals surface area contributed by atoms with Crippen molar-refractivity contribution >= 4 is 52.7 Å². The molecule has 0 aliphatic carbocycles. The number of hydrogen-bond donors (Lipinski definition) is 0. The number of aromatic nitrogens is 4. The van der Waals surface area contributed by atoms with E-state index in [2.05, 4.69) is 20.3 Å². The maximum Gasteiger partial charge on any atom is 0.259 e. The zero-order valence-corrected chi connectivity index (χ0v) is 30.0. The van der Waals surface area contributed by atoms with Crippen molar-refractivity contribution in [1.82, 2.24) is 20.3 Å². The van der Waals surface area contributed by atoms with E-state index in [1.807, 2.05) is 33.8 Å². The molecular weight excluding hydrogens is 724 g/mol. The molecule has 254 valence electrons. The van der Waals surface area contributed by atoms with E-state index in [0.717, 1.165) is 6.29 Å². The van der Waals surface area contributed by atoms with E-state index < -0.39 is 0 Å². The summed E-state index contributed by atoms with van der Waals surface area (Å²) >= 11 is 24.8. The fourth-order valence-electron chi connectivity index (χ4n) is 4.42. The van der Waals surface area contributed by atoms with Crippen LogP contribution < -0.4 is 9.47 Å². The van der Waals surface area contributed by atoms with Crippen molar-refractivity contribution in [3.63, 3.8) is 0 Å². The molecule has 0 amide bonds. The van der Waals surface area contributed by atoms with Crippen LogP contribution in [-0.2, 0) is 0 Å². The van der Waals surface area contributed by atoms with Crippen molar-refractivity contribution in [3.8, 4) is 63.3 Å². The largest absolute Gasteiger partial charge is 0.489 e. The Labute approximate surface area is 307 Å². The van der Waals surface area contributed by atoms with E-state index in [1.54, 1.807) is 72.8 Å². The minimum absolute atomic E-state index is 0.0246. The Morgan fingerprint density at radius 2 is 1.14 bits per heavy atom. The van der Waals surface area contributed by atoms with Crippen LogP contribution in [0.25, 0.3) is 45.7 Å². The summed E-state index contributed by atoms with van der Waals surface area (Å²) in [5.74, 6) is 2.48. The van der Waals surface area contributed by atoms with Crippen molar-refractivity contribution in [2.24, 2.45) is 0 Å². The highest BCUT2D eigenvalue weighted by atomic mass is 35.5. The number of carbonyl (C=O) groups is 1. The maximum atomic E-state index is 10.8. The van der Waals surface area contributed by atoms with E-state index in [9.17, 15) is 4.79 Å². The predicted octanol–water partition coefficient (Wildman–Crippen LogP) is 10.7. The highest BCUT2D eigenvalue weighted by Crippen LogP contribution is 2.34. The van der Waals surface area contributed by atoms with Gasteiger partial charge >= 0.3 is 0 Å². The summed E-state index contributed by atoms with van der Waals surface area (Å²) in [6, 6.07) is 22.3. The number of ether oxygens (including phenoxy) is 2. The van der Waals surface area contributed by atoms with Crippen molar-refractivity contribution in [2.45, 2.75) is 39.9 Å². The average molecular weight is 751 g/mol. The molecule has 10 nitrogen and oxygen atoms in total. The lowest BCUT2D eigenvalue weighted by Crippen LogP contribution is -2.05. The zero-order valence-electron chi connectivity index (χ0n) is 26.9. The van der Waals surface area contributed by atoms with Gasteiger partial charge in [0.05, 0.1) is 55.1 Å². The molecule has 0 saturated carbocycles. The van der Waals surface area contributed by atoms with E-state index in [4.69, 9.17) is 70.2 Å². The molecule has 0 N–H and O–H groups in total. The van der Waals surface area contributed by atoms with Crippen LogP contribution >= 0.6 is 46.4 Å². The van der Waals surface area contributed by atoms with E-state index >= 15 is 0 Å². The number of nitriles is 1. The second-order valence-electron chi connectivity index (χ2n) is 11.1. The monoisotopic (exact) mass is 749 g/mol. The summed E-state index contributed by atoms with van der Waals surface area (Å²) in [6.45, 7) is 7.71. The van der Waals surface area contributed by atoms with Gasteiger partial charge in [-0.15, -0.1) is 0 Å². The Kier molecular flexibility index (Phi) is 11.8. The molecule has 0 aliphatic rings. The van der Waals surface area contributed by atoms with Gasteiger partial charge in [0, 0.05) is 16.7 Å². The number of aldehydes is 1. The lowest BCUT2D eigenvalue weighted by molar-refractivity contribution is 0.112. The number of hydrogen-bond acceptors (Lipinski definition) is 10. The van der Waals surface area contributed by atoms with Crippen LogP contribution in [0.2, 0.25) is 20.1 Å². The van der Waals surface area contributed by atoms with Gasteiger partial charge < -0.3 is 18.5 Å². The number of benzene rings is 4. The minimum atomic E-state index is 0.0246. The van der Waals surface area contributed by atoms with Crippen LogP contribution in [0.1, 0.15) is 43.6 Å². The van der Waals surface area contributed by atoms with Crippen molar-refractivity contribution in [1.29, 1.82) is 5.26 Å². The van der Waals surface area contributed by atoms with Gasteiger partial charge in [-0.1, -0.05) is 62.8 Å². The minimum Gasteiger partial charge on any atom is -0.489 e. The third-order valence-electron chi connectivity index (χ3n) is 6.65. The second-order valence-corrected chi connectivity index (χ2v) is 12.8. The van der Waals surface area contributed by atoms with Crippen molar-refractivity contribution < 1.29 is 23.3 Å². The van der Waals surface area contributed by atoms with Crippen molar-refractivity contribution in [3.05, 3.63) is 104 Å². The van der Waals surface area contributed by atoms with Crippen LogP contribution in [0.15, 0.2) is 81.8 Å². The van der Waals surface area contributed by atoms with Crippen molar-refractivity contribution in [2.75, 3.05) is 0 Å². The Morgan fingerprint density at radius 3 is 1.54 bits per heavy atom. The molecule has 4 aromatic carbocycles. The third-order valence-corrected chi connectivity index (χ3v) is 7.86. The van der Waals surface area contributed by atoms with Crippen LogP contribution in [0.4, 0.5) is 0 Å². The van der Waals surface area contributed by atoms with Crippen LogP contribution in [0.5, 0.6) is 11.5 Å². The van der Waals surface area contributed by atoms with E-state index in [0.29, 0.717) is 76.6 Å². The topological polar surface area (TPSA) is 137 Å². The lowest BCUT2D eigenvalue weighted by Gasteiger charge is -2.11. The molecule has 50 heavy (non-hydrogen) atoms. The molecule has 0 radical (unpaired) electrons. The highest BCUT2D eigenvalue weighted by Gasteiger charge is 2.17. The molecule has 14 heteroatoms. The summed E-state index contributed by atoms with van der Waals surface area (Å²) in [4.78, 5) is 19.5. The number of nitrogens with zero attached hydrogens (tertiary/aromatic N) is 5. The molecule has 0 unspecified atom stereocenters. The molecule has 2 aromatic heterocycles. The molecule has 0 bridgehead atoms. The van der Waals surface area contributed by atoms with Crippen LogP contribution in [0.3, 0.4) is 0 Å². The van der Waals surface area contributed by atoms with Crippen LogP contribution in [-0.4, -0.2) is 38.8 Å². The second kappa shape index (κ2) is 16.2. The Bertz CT molecular complexity index is 2190. The first kappa shape index (κ1) is 36.4. The Balaban J connectivity index is 0.000000194. The zero-order chi connectivity index (χ0) is 35.9. The standard InChI is InChI=1S/C18H13Cl2N3O2.C18H14Cl2N2O3/c1-10(2)24-16-6-4-12(8-15(16)20)17-22-18(25-23-17)13-5-3-11(9-21)7-14(13)19;1-10(2)24-16-6-4-12(8-15(16)20)17-21-18(25-22-17)13-5-3-11(9-23)7-14(13)19/h3-8,10H,1-2H3;3-10H,1-2H3. The maximum absolute atomic E-state index is 10.8. The van der Waals surface area contributed by atoms with E-state index in [-0.39, 0.29) is 24.0 Å². The summed E-state index contributed by atoms with van der Waals surface area (Å²) in [6.07, 6.45) is 0.771. The summed E-state index contributed by atoms with van der Waals surface area (Å²) in [5.41, 5.74) is 3.43. The van der Waals surface area contributed by atoms with Gasteiger partial charge in [0.15, 0.2) is 0 Å². The molecule has 2 heterocycles. The first-order chi connectivity index (χ1) is 23.9. The third kappa shape index (κ3) is 8.80. The quantitative estimate of drug-likeness (QED) is 0.131. The fourth-order valence-corrected chi connectivity index (χ4v) is 5.40. The van der Waals surface area contributed by atoms with Gasteiger partial charge in [0.25, 0.3) is 11.8 Å². The van der Waals surface area contributed by atoms with Crippen LogP contribution in [0, 0.1) is 11.3 Å².